The van der Waals surface area contributed by atoms with E-state index < -0.39 is 0 Å². The van der Waals surface area contributed by atoms with E-state index in [1.54, 1.807) is 0 Å². The molecular weight excluding hydrogens is 388 g/mol. The Labute approximate surface area is 185 Å². The maximum atomic E-state index is 11.1. The van der Waals surface area contributed by atoms with Gasteiger partial charge in [0.05, 0.1) is 0 Å². The molecule has 4 N–H and O–H groups in total. The lowest BCUT2D eigenvalue weighted by Gasteiger charge is -2.35. The molecule has 1 aliphatic rings. The Morgan fingerprint density at radius 3 is 1.74 bits per heavy atom. The van der Waals surface area contributed by atoms with Gasteiger partial charge in [-0.1, -0.05) is 42.8 Å². The van der Waals surface area contributed by atoms with Crippen molar-refractivity contribution in [3.63, 3.8) is 0 Å². The summed E-state index contributed by atoms with van der Waals surface area (Å²) in [6.45, 7) is 8.24. The van der Waals surface area contributed by atoms with E-state index >= 15 is 0 Å². The van der Waals surface area contributed by atoms with E-state index in [-0.39, 0.29) is 36.5 Å². The molecule has 31 heavy (non-hydrogen) atoms. The topological polar surface area (TPSA) is 80.9 Å². The van der Waals surface area contributed by atoms with E-state index in [9.17, 15) is 20.4 Å². The van der Waals surface area contributed by atoms with Crippen LogP contribution in [0.5, 0.6) is 11.5 Å². The first-order valence-electron chi connectivity index (χ1n) is 11.3. The van der Waals surface area contributed by atoms with Crippen LogP contribution in [0, 0.1) is 25.7 Å². The Morgan fingerprint density at radius 1 is 0.839 bits per heavy atom. The summed E-state index contributed by atoms with van der Waals surface area (Å²) in [4.78, 5) is 0. The van der Waals surface area contributed by atoms with Gasteiger partial charge in [0, 0.05) is 30.3 Å². The molecule has 0 bridgehead atoms. The van der Waals surface area contributed by atoms with Crippen LogP contribution >= 0.6 is 0 Å². The molecule has 2 atom stereocenters. The first kappa shape index (κ1) is 23.4. The van der Waals surface area contributed by atoms with E-state index in [1.165, 1.54) is 5.57 Å². The molecule has 0 radical (unpaired) electrons. The minimum absolute atomic E-state index is 0.0486. The molecule has 0 aromatic heterocycles. The van der Waals surface area contributed by atoms with Gasteiger partial charge in [0.2, 0.25) is 0 Å². The zero-order valence-corrected chi connectivity index (χ0v) is 19.2. The molecule has 168 valence electrons. The quantitative estimate of drug-likeness (QED) is 0.476. The Balaban J connectivity index is 2.24. The van der Waals surface area contributed by atoms with Gasteiger partial charge in [0.15, 0.2) is 0 Å². The van der Waals surface area contributed by atoms with Crippen LogP contribution in [0.3, 0.4) is 0 Å². The number of phenolic OH excluding ortho intramolecular Hbond substituents is 2. The van der Waals surface area contributed by atoms with Crippen LogP contribution in [0.15, 0.2) is 35.9 Å². The summed E-state index contributed by atoms with van der Waals surface area (Å²) in [6, 6.07) is 7.84. The Morgan fingerprint density at radius 2 is 1.32 bits per heavy atom. The number of aryl methyl sites for hydroxylation is 2. The Bertz CT molecular complexity index is 899. The summed E-state index contributed by atoms with van der Waals surface area (Å²) in [5, 5.41) is 41.2. The minimum atomic E-state index is -0.180. The van der Waals surface area contributed by atoms with Crippen molar-refractivity contribution in [2.45, 2.75) is 59.3 Å². The van der Waals surface area contributed by atoms with Crippen molar-refractivity contribution in [3.8, 4) is 11.5 Å². The number of hydrogen-bond donors (Lipinski definition) is 4. The summed E-state index contributed by atoms with van der Waals surface area (Å²) in [5.41, 5.74) is 6.49. The number of aromatic hydroxyl groups is 2. The second-order valence-electron chi connectivity index (χ2n) is 9.32. The maximum Gasteiger partial charge on any atom is 0.122 e. The molecule has 0 heterocycles. The first-order chi connectivity index (χ1) is 14.7. The van der Waals surface area contributed by atoms with Crippen LogP contribution in [-0.4, -0.2) is 33.6 Å². The van der Waals surface area contributed by atoms with Crippen LogP contribution in [0.2, 0.25) is 0 Å². The fraction of sp³-hybridized carbons (Fsp3) is 0.481. The van der Waals surface area contributed by atoms with Crippen LogP contribution in [0.1, 0.15) is 66.0 Å². The first-order valence-corrected chi connectivity index (χ1v) is 11.3. The van der Waals surface area contributed by atoms with Crippen LogP contribution < -0.4 is 0 Å². The average molecular weight is 425 g/mol. The molecule has 0 saturated heterocycles. The zero-order chi connectivity index (χ0) is 22.7. The lowest BCUT2D eigenvalue weighted by Crippen LogP contribution is -2.21. The highest BCUT2D eigenvalue weighted by Gasteiger charge is 2.33. The summed E-state index contributed by atoms with van der Waals surface area (Å²) in [6.07, 6.45) is 5.23. The van der Waals surface area contributed by atoms with E-state index in [4.69, 9.17) is 0 Å². The third-order valence-electron chi connectivity index (χ3n) is 6.55. The molecule has 3 rings (SSSR count). The van der Waals surface area contributed by atoms with Gasteiger partial charge in [-0.2, -0.15) is 0 Å². The predicted octanol–water partition coefficient (Wildman–Crippen LogP) is 4.91. The second kappa shape index (κ2) is 9.88. The van der Waals surface area contributed by atoms with Gasteiger partial charge >= 0.3 is 0 Å². The Hall–Kier alpha value is -2.30. The van der Waals surface area contributed by atoms with Crippen molar-refractivity contribution in [1.29, 1.82) is 0 Å². The monoisotopic (exact) mass is 424 g/mol. The van der Waals surface area contributed by atoms with E-state index in [2.05, 4.69) is 19.9 Å². The largest absolute Gasteiger partial charge is 0.507 e. The van der Waals surface area contributed by atoms with Crippen molar-refractivity contribution < 1.29 is 20.4 Å². The molecule has 4 heteroatoms. The molecule has 2 aromatic carbocycles. The molecule has 2 unspecified atom stereocenters. The van der Waals surface area contributed by atoms with Crippen molar-refractivity contribution in [1.82, 2.24) is 0 Å². The van der Waals surface area contributed by atoms with E-state index in [0.717, 1.165) is 46.2 Å². The molecule has 4 nitrogen and oxygen atoms in total. The number of hydrogen-bond acceptors (Lipinski definition) is 4. The molecule has 2 aromatic rings. The molecule has 0 amide bonds. The number of allylic oxidation sites excluding steroid dienone is 2. The van der Waals surface area contributed by atoms with Gasteiger partial charge in [-0.15, -0.1) is 0 Å². The minimum Gasteiger partial charge on any atom is -0.507 e. The standard InChI is InChI=1S/C27H36O4/c1-16-9-17(2)11-22(10-16)25(23-14-20(5-7-28)12-18(3)26(23)30)24-15-21(6-8-29)13-19(4)27(24)31/h9,12-16,22,25,28-31H,5-8,10-11H2,1-4H3. The van der Waals surface area contributed by atoms with Gasteiger partial charge in [0.1, 0.15) is 11.5 Å². The number of phenols is 2. The smallest absolute Gasteiger partial charge is 0.122 e. The SMILES string of the molecule is CC1=CC(C)CC(C(c2cc(CCO)cc(C)c2O)c2cc(CCO)cc(C)c2O)C1. The van der Waals surface area contributed by atoms with E-state index in [1.807, 2.05) is 38.1 Å². The van der Waals surface area contributed by atoms with Gasteiger partial charge < -0.3 is 20.4 Å². The lowest BCUT2D eigenvalue weighted by molar-refractivity contribution is 0.299. The van der Waals surface area contributed by atoms with Crippen LogP contribution in [0.4, 0.5) is 0 Å². The third kappa shape index (κ3) is 5.13. The number of aliphatic hydroxyl groups is 2. The van der Waals surface area contributed by atoms with Gasteiger partial charge in [-0.05, 0) is 80.5 Å². The predicted molar refractivity (Wildman–Crippen MR) is 125 cm³/mol. The molecule has 0 aliphatic heterocycles. The van der Waals surface area contributed by atoms with Crippen molar-refractivity contribution in [2.24, 2.45) is 11.8 Å². The molecular formula is C27H36O4. The highest BCUT2D eigenvalue weighted by molar-refractivity contribution is 5.54. The average Bonchev–Trinajstić information content (AvgIpc) is 2.69. The van der Waals surface area contributed by atoms with Gasteiger partial charge in [-0.3, -0.25) is 0 Å². The summed E-state index contributed by atoms with van der Waals surface area (Å²) < 4.78 is 0. The summed E-state index contributed by atoms with van der Waals surface area (Å²) >= 11 is 0. The summed E-state index contributed by atoms with van der Waals surface area (Å²) in [7, 11) is 0. The number of aliphatic hydroxyl groups excluding tert-OH is 2. The van der Waals surface area contributed by atoms with Crippen molar-refractivity contribution in [2.75, 3.05) is 13.2 Å². The second-order valence-corrected chi connectivity index (χ2v) is 9.32. The molecule has 1 aliphatic carbocycles. The van der Waals surface area contributed by atoms with Crippen LogP contribution in [0.25, 0.3) is 0 Å². The lowest BCUT2D eigenvalue weighted by atomic mass is 9.70. The highest BCUT2D eigenvalue weighted by atomic mass is 16.3. The molecule has 0 spiro atoms. The van der Waals surface area contributed by atoms with Crippen LogP contribution in [-0.2, 0) is 12.8 Å². The van der Waals surface area contributed by atoms with Crippen molar-refractivity contribution >= 4 is 0 Å². The Kier molecular flexibility index (Phi) is 7.45. The number of rotatable bonds is 7. The highest BCUT2D eigenvalue weighted by Crippen LogP contribution is 2.48. The fourth-order valence-electron chi connectivity index (χ4n) is 5.31. The van der Waals surface area contributed by atoms with Gasteiger partial charge in [-0.25, -0.2) is 0 Å². The number of benzene rings is 2. The molecule has 0 saturated carbocycles. The molecule has 0 fully saturated rings. The van der Waals surface area contributed by atoms with Gasteiger partial charge in [0.25, 0.3) is 0 Å². The fourth-order valence-corrected chi connectivity index (χ4v) is 5.31. The maximum absolute atomic E-state index is 11.1. The normalized spacial score (nSPS) is 19.0. The van der Waals surface area contributed by atoms with Crippen molar-refractivity contribution in [3.05, 3.63) is 69.3 Å². The third-order valence-corrected chi connectivity index (χ3v) is 6.55. The van der Waals surface area contributed by atoms with E-state index in [0.29, 0.717) is 18.8 Å². The zero-order valence-electron chi connectivity index (χ0n) is 19.2. The summed E-state index contributed by atoms with van der Waals surface area (Å²) in [5.74, 6) is 0.992.